The first kappa shape index (κ1) is 13.4. The molecule has 0 saturated carbocycles. The standard InChI is InChI=1S/C13H20ClN3O/c1-10-12(15-9-16-13(10)18-2)17-7-5-3-4-6-11(17)8-14/h9,11H,3-8H2,1-2H3. The molecule has 0 aromatic carbocycles. The predicted octanol–water partition coefficient (Wildman–Crippen LogP) is 2.78. The number of hydrogen-bond donors (Lipinski definition) is 0. The number of ether oxygens (including phenoxy) is 1. The lowest BCUT2D eigenvalue weighted by Gasteiger charge is -2.30. The summed E-state index contributed by atoms with van der Waals surface area (Å²) in [4.78, 5) is 10.9. The molecule has 100 valence electrons. The number of hydrogen-bond acceptors (Lipinski definition) is 4. The summed E-state index contributed by atoms with van der Waals surface area (Å²) in [5.41, 5.74) is 0.997. The molecule has 1 fully saturated rings. The van der Waals surface area contributed by atoms with Crippen molar-refractivity contribution in [2.75, 3.05) is 24.4 Å². The SMILES string of the molecule is COc1ncnc(N2CCCCCC2CCl)c1C. The van der Waals surface area contributed by atoms with Gasteiger partial charge in [0.2, 0.25) is 5.88 Å². The third kappa shape index (κ3) is 2.69. The Morgan fingerprint density at radius 1 is 1.39 bits per heavy atom. The molecule has 4 nitrogen and oxygen atoms in total. The molecule has 1 aromatic rings. The molecule has 1 saturated heterocycles. The van der Waals surface area contributed by atoms with Crippen molar-refractivity contribution in [3.63, 3.8) is 0 Å². The molecule has 0 spiro atoms. The topological polar surface area (TPSA) is 38.3 Å². The van der Waals surface area contributed by atoms with E-state index >= 15 is 0 Å². The molecule has 0 bridgehead atoms. The monoisotopic (exact) mass is 269 g/mol. The van der Waals surface area contributed by atoms with E-state index in [1.807, 2.05) is 6.92 Å². The molecule has 2 heterocycles. The van der Waals surface area contributed by atoms with E-state index in [1.165, 1.54) is 19.3 Å². The maximum Gasteiger partial charge on any atom is 0.221 e. The predicted molar refractivity (Wildman–Crippen MR) is 73.6 cm³/mol. The van der Waals surface area contributed by atoms with Crippen LogP contribution in [0.4, 0.5) is 5.82 Å². The van der Waals surface area contributed by atoms with Crippen LogP contribution in [0.3, 0.4) is 0 Å². The molecular weight excluding hydrogens is 250 g/mol. The van der Waals surface area contributed by atoms with Crippen LogP contribution in [-0.2, 0) is 0 Å². The highest BCUT2D eigenvalue weighted by Gasteiger charge is 2.24. The van der Waals surface area contributed by atoms with Crippen LogP contribution < -0.4 is 9.64 Å². The lowest BCUT2D eigenvalue weighted by atomic mass is 10.1. The van der Waals surface area contributed by atoms with Gasteiger partial charge in [0.05, 0.1) is 12.7 Å². The fraction of sp³-hybridized carbons (Fsp3) is 0.692. The molecule has 0 radical (unpaired) electrons. The minimum absolute atomic E-state index is 0.368. The van der Waals surface area contributed by atoms with Gasteiger partial charge >= 0.3 is 0 Å². The normalized spacial score (nSPS) is 20.6. The van der Waals surface area contributed by atoms with Crippen LogP contribution in [0.25, 0.3) is 0 Å². The van der Waals surface area contributed by atoms with Crippen LogP contribution in [-0.4, -0.2) is 35.5 Å². The van der Waals surface area contributed by atoms with Crippen molar-refractivity contribution in [3.05, 3.63) is 11.9 Å². The number of nitrogens with zero attached hydrogens (tertiary/aromatic N) is 3. The number of halogens is 1. The highest BCUT2D eigenvalue weighted by Crippen LogP contribution is 2.29. The van der Waals surface area contributed by atoms with Gasteiger partial charge in [-0.15, -0.1) is 11.6 Å². The van der Waals surface area contributed by atoms with E-state index in [-0.39, 0.29) is 0 Å². The smallest absolute Gasteiger partial charge is 0.221 e. The second-order valence-electron chi connectivity index (χ2n) is 4.68. The van der Waals surface area contributed by atoms with Gasteiger partial charge in [0.25, 0.3) is 0 Å². The Kier molecular flexibility index (Phi) is 4.64. The quantitative estimate of drug-likeness (QED) is 0.791. The molecule has 0 N–H and O–H groups in total. The molecule has 5 heteroatoms. The average molecular weight is 270 g/mol. The van der Waals surface area contributed by atoms with Crippen molar-refractivity contribution >= 4 is 17.4 Å². The van der Waals surface area contributed by atoms with Crippen molar-refractivity contribution in [3.8, 4) is 5.88 Å². The Labute approximate surface area is 113 Å². The van der Waals surface area contributed by atoms with Gasteiger partial charge in [-0.2, -0.15) is 0 Å². The van der Waals surface area contributed by atoms with Crippen LogP contribution in [0, 0.1) is 6.92 Å². The number of methoxy groups -OCH3 is 1. The third-order valence-corrected chi connectivity index (χ3v) is 3.89. The van der Waals surface area contributed by atoms with Crippen LogP contribution in [0.5, 0.6) is 5.88 Å². The summed E-state index contributed by atoms with van der Waals surface area (Å²) in [6, 6.07) is 0.368. The number of anilines is 1. The first-order valence-corrected chi connectivity index (χ1v) is 6.99. The molecule has 0 amide bonds. The molecule has 1 atom stereocenters. The highest BCUT2D eigenvalue weighted by atomic mass is 35.5. The Bertz CT molecular complexity index is 400. The first-order valence-electron chi connectivity index (χ1n) is 6.46. The summed E-state index contributed by atoms with van der Waals surface area (Å²) in [6.07, 6.45) is 6.41. The number of aromatic nitrogens is 2. The maximum absolute atomic E-state index is 6.11. The van der Waals surface area contributed by atoms with E-state index in [4.69, 9.17) is 16.3 Å². The summed E-state index contributed by atoms with van der Waals surface area (Å²) in [6.45, 7) is 3.02. The molecule has 2 rings (SSSR count). The van der Waals surface area contributed by atoms with Crippen molar-refractivity contribution in [1.29, 1.82) is 0 Å². The molecule has 1 aliphatic rings. The number of alkyl halides is 1. The van der Waals surface area contributed by atoms with Crippen molar-refractivity contribution in [1.82, 2.24) is 9.97 Å². The van der Waals surface area contributed by atoms with Gasteiger partial charge in [-0.05, 0) is 19.8 Å². The minimum atomic E-state index is 0.368. The van der Waals surface area contributed by atoms with Crippen LogP contribution in [0.2, 0.25) is 0 Å². The zero-order chi connectivity index (χ0) is 13.0. The van der Waals surface area contributed by atoms with E-state index in [9.17, 15) is 0 Å². The van der Waals surface area contributed by atoms with Crippen molar-refractivity contribution < 1.29 is 4.74 Å². The van der Waals surface area contributed by atoms with Crippen LogP contribution >= 0.6 is 11.6 Å². The summed E-state index contributed by atoms with van der Waals surface area (Å²) in [7, 11) is 1.64. The fourth-order valence-electron chi connectivity index (χ4n) is 2.54. The number of rotatable bonds is 3. The van der Waals surface area contributed by atoms with E-state index in [0.29, 0.717) is 17.8 Å². The van der Waals surface area contributed by atoms with Crippen LogP contribution in [0.1, 0.15) is 31.2 Å². The lowest BCUT2D eigenvalue weighted by molar-refractivity contribution is 0.393. The Hall–Kier alpha value is -1.03. The van der Waals surface area contributed by atoms with Gasteiger partial charge in [0.1, 0.15) is 12.1 Å². The molecule has 18 heavy (non-hydrogen) atoms. The largest absolute Gasteiger partial charge is 0.481 e. The zero-order valence-corrected chi connectivity index (χ0v) is 11.8. The van der Waals surface area contributed by atoms with Gasteiger partial charge in [0.15, 0.2) is 0 Å². The van der Waals surface area contributed by atoms with Gasteiger partial charge < -0.3 is 9.64 Å². The molecular formula is C13H20ClN3O. The fourth-order valence-corrected chi connectivity index (χ4v) is 2.86. The Morgan fingerprint density at radius 3 is 2.94 bits per heavy atom. The first-order chi connectivity index (χ1) is 8.77. The Morgan fingerprint density at radius 2 is 2.22 bits per heavy atom. The highest BCUT2D eigenvalue weighted by molar-refractivity contribution is 6.18. The zero-order valence-electron chi connectivity index (χ0n) is 11.0. The van der Waals surface area contributed by atoms with Gasteiger partial charge in [-0.25, -0.2) is 9.97 Å². The molecule has 1 unspecified atom stereocenters. The minimum Gasteiger partial charge on any atom is -0.481 e. The van der Waals surface area contributed by atoms with E-state index in [2.05, 4.69) is 14.9 Å². The average Bonchev–Trinajstić information content (AvgIpc) is 2.64. The van der Waals surface area contributed by atoms with Crippen LogP contribution in [0.15, 0.2) is 6.33 Å². The Balaban J connectivity index is 2.32. The third-order valence-electron chi connectivity index (χ3n) is 3.53. The summed E-state index contributed by atoms with van der Waals surface area (Å²) in [5.74, 6) is 2.26. The van der Waals surface area contributed by atoms with Crippen molar-refractivity contribution in [2.45, 2.75) is 38.6 Å². The summed E-state index contributed by atoms with van der Waals surface area (Å²) in [5, 5.41) is 0. The van der Waals surface area contributed by atoms with Crippen molar-refractivity contribution in [2.24, 2.45) is 0 Å². The molecule has 1 aliphatic heterocycles. The van der Waals surface area contributed by atoms with E-state index in [1.54, 1.807) is 13.4 Å². The molecule has 1 aromatic heterocycles. The van der Waals surface area contributed by atoms with Gasteiger partial charge in [0, 0.05) is 18.5 Å². The van der Waals surface area contributed by atoms with Gasteiger partial charge in [-0.3, -0.25) is 0 Å². The second-order valence-corrected chi connectivity index (χ2v) is 4.99. The summed E-state index contributed by atoms with van der Waals surface area (Å²) < 4.78 is 5.27. The molecule has 0 aliphatic carbocycles. The second kappa shape index (κ2) is 6.23. The lowest BCUT2D eigenvalue weighted by Crippen LogP contribution is -2.37. The van der Waals surface area contributed by atoms with E-state index < -0.39 is 0 Å². The van der Waals surface area contributed by atoms with E-state index in [0.717, 1.165) is 24.3 Å². The maximum atomic E-state index is 6.11. The van der Waals surface area contributed by atoms with Gasteiger partial charge in [-0.1, -0.05) is 12.8 Å². The summed E-state index contributed by atoms with van der Waals surface area (Å²) >= 11 is 6.11.